The van der Waals surface area contributed by atoms with Crippen molar-refractivity contribution in [1.29, 1.82) is 0 Å². The molecule has 2 atom stereocenters. The molecule has 0 saturated heterocycles. The lowest BCUT2D eigenvalue weighted by Crippen LogP contribution is -2.32. The van der Waals surface area contributed by atoms with E-state index in [4.69, 9.17) is 15.6 Å². The first-order valence-corrected chi connectivity index (χ1v) is 7.54. The molecule has 23 heavy (non-hydrogen) atoms. The maximum absolute atomic E-state index is 12.1. The summed E-state index contributed by atoms with van der Waals surface area (Å²) >= 11 is 0. The van der Waals surface area contributed by atoms with Crippen molar-refractivity contribution < 1.29 is 19.4 Å². The molecule has 7 nitrogen and oxygen atoms in total. The number of ether oxygens (including phenoxy) is 1. The van der Waals surface area contributed by atoms with Gasteiger partial charge in [-0.05, 0) is 19.8 Å². The molecule has 0 aromatic carbocycles. The molecular formula is C16H19N3O4. The highest BCUT2D eigenvalue weighted by Gasteiger charge is 2.34. The van der Waals surface area contributed by atoms with Gasteiger partial charge in [-0.25, -0.2) is 9.78 Å². The van der Waals surface area contributed by atoms with Gasteiger partial charge in [-0.1, -0.05) is 11.6 Å². The summed E-state index contributed by atoms with van der Waals surface area (Å²) in [6, 6.07) is -0.981. The standard InChI is InChI=1S/C16H19N3O4/c1-9-2-3-14-11(4-9)12(16(22)23-14)7-19-6-10(18-8-19)5-13(17)15(20)21/h4,6,8,13-14H,2-3,5,7,17H2,1H3,(H,20,21)/t13-,14+/m0/s1. The van der Waals surface area contributed by atoms with Crippen LogP contribution in [0.3, 0.4) is 0 Å². The van der Waals surface area contributed by atoms with Gasteiger partial charge in [-0.2, -0.15) is 0 Å². The van der Waals surface area contributed by atoms with Gasteiger partial charge >= 0.3 is 11.9 Å². The number of carbonyl (C=O) groups is 2. The third kappa shape index (κ3) is 3.19. The Morgan fingerprint density at radius 2 is 2.39 bits per heavy atom. The maximum atomic E-state index is 12.1. The smallest absolute Gasteiger partial charge is 0.336 e. The molecule has 1 aromatic rings. The highest BCUT2D eigenvalue weighted by molar-refractivity contribution is 5.93. The lowest BCUT2D eigenvalue weighted by molar-refractivity contribution is -0.140. The third-order valence-corrected chi connectivity index (χ3v) is 4.17. The summed E-state index contributed by atoms with van der Waals surface area (Å²) in [5.41, 5.74) is 8.93. The van der Waals surface area contributed by atoms with E-state index in [9.17, 15) is 9.59 Å². The molecule has 0 bridgehead atoms. The van der Waals surface area contributed by atoms with Crippen LogP contribution < -0.4 is 5.73 Å². The molecule has 2 heterocycles. The zero-order valence-electron chi connectivity index (χ0n) is 12.9. The summed E-state index contributed by atoms with van der Waals surface area (Å²) in [4.78, 5) is 27.0. The normalized spacial score (nSPS) is 21.7. The summed E-state index contributed by atoms with van der Waals surface area (Å²) in [5, 5.41) is 8.83. The zero-order valence-corrected chi connectivity index (χ0v) is 12.9. The van der Waals surface area contributed by atoms with E-state index in [1.54, 1.807) is 17.1 Å². The van der Waals surface area contributed by atoms with Gasteiger partial charge in [0, 0.05) is 18.2 Å². The fourth-order valence-corrected chi connectivity index (χ4v) is 2.92. The van der Waals surface area contributed by atoms with E-state index in [0.717, 1.165) is 18.4 Å². The van der Waals surface area contributed by atoms with Crippen molar-refractivity contribution in [2.24, 2.45) is 5.73 Å². The van der Waals surface area contributed by atoms with Gasteiger partial charge in [-0.15, -0.1) is 0 Å². The number of aliphatic carboxylic acids is 1. The number of nitrogens with two attached hydrogens (primary N) is 1. The van der Waals surface area contributed by atoms with Gasteiger partial charge in [-0.3, -0.25) is 4.79 Å². The molecule has 1 aliphatic heterocycles. The van der Waals surface area contributed by atoms with Crippen LogP contribution in [0.1, 0.15) is 25.5 Å². The van der Waals surface area contributed by atoms with Gasteiger partial charge < -0.3 is 20.1 Å². The fraction of sp³-hybridized carbons (Fsp3) is 0.438. The Bertz CT molecular complexity index is 717. The lowest BCUT2D eigenvalue weighted by Gasteiger charge is -2.17. The minimum absolute atomic E-state index is 0.135. The quantitative estimate of drug-likeness (QED) is 0.778. The predicted octanol–water partition coefficient (Wildman–Crippen LogP) is 0.800. The van der Waals surface area contributed by atoms with Crippen LogP contribution in [0.25, 0.3) is 0 Å². The fourth-order valence-electron chi connectivity index (χ4n) is 2.92. The van der Waals surface area contributed by atoms with Crippen molar-refractivity contribution >= 4 is 11.9 Å². The van der Waals surface area contributed by atoms with Crippen LogP contribution in [0, 0.1) is 0 Å². The second-order valence-corrected chi connectivity index (χ2v) is 6.04. The van der Waals surface area contributed by atoms with Crippen LogP contribution in [0.4, 0.5) is 0 Å². The van der Waals surface area contributed by atoms with Crippen LogP contribution in [-0.4, -0.2) is 38.7 Å². The molecule has 122 valence electrons. The van der Waals surface area contributed by atoms with E-state index in [1.807, 2.05) is 13.0 Å². The van der Waals surface area contributed by atoms with E-state index in [-0.39, 0.29) is 18.5 Å². The number of nitrogens with zero attached hydrogens (tertiary/aromatic N) is 2. The monoisotopic (exact) mass is 317 g/mol. The number of carboxylic acid groups (broad SMARTS) is 1. The van der Waals surface area contributed by atoms with Crippen LogP contribution in [0.5, 0.6) is 0 Å². The third-order valence-electron chi connectivity index (χ3n) is 4.17. The van der Waals surface area contributed by atoms with E-state index in [0.29, 0.717) is 17.8 Å². The van der Waals surface area contributed by atoms with E-state index in [1.165, 1.54) is 5.57 Å². The minimum atomic E-state index is -1.06. The van der Waals surface area contributed by atoms with Gasteiger partial charge in [0.05, 0.1) is 24.1 Å². The van der Waals surface area contributed by atoms with E-state index < -0.39 is 12.0 Å². The molecule has 2 aliphatic rings. The number of hydrogen-bond donors (Lipinski definition) is 2. The molecule has 0 saturated carbocycles. The maximum Gasteiger partial charge on any atom is 0.336 e. The molecule has 0 radical (unpaired) electrons. The average molecular weight is 317 g/mol. The molecule has 3 rings (SSSR count). The molecule has 3 N–H and O–H groups in total. The molecule has 0 unspecified atom stereocenters. The SMILES string of the molecule is CC1=CC2=C(Cn3cnc(C[C@H](N)C(=O)O)c3)C(=O)O[C@@H]2CC1. The molecular weight excluding hydrogens is 298 g/mol. The number of esters is 1. The van der Waals surface area contributed by atoms with Crippen LogP contribution in [0.2, 0.25) is 0 Å². The average Bonchev–Trinajstić information content (AvgIpc) is 3.05. The minimum Gasteiger partial charge on any atom is -0.480 e. The molecule has 1 aliphatic carbocycles. The largest absolute Gasteiger partial charge is 0.480 e. The highest BCUT2D eigenvalue weighted by Crippen LogP contribution is 2.33. The van der Waals surface area contributed by atoms with Gasteiger partial charge in [0.25, 0.3) is 0 Å². The number of carbonyl (C=O) groups excluding carboxylic acids is 1. The number of carboxylic acids is 1. The number of imidazole rings is 1. The Balaban J connectivity index is 1.78. The second-order valence-electron chi connectivity index (χ2n) is 6.04. The molecule has 0 spiro atoms. The van der Waals surface area contributed by atoms with Gasteiger partial charge in [0.1, 0.15) is 12.1 Å². The van der Waals surface area contributed by atoms with Crippen molar-refractivity contribution in [3.05, 3.63) is 41.0 Å². The van der Waals surface area contributed by atoms with Crippen molar-refractivity contribution in [2.75, 3.05) is 0 Å². The lowest BCUT2D eigenvalue weighted by atomic mass is 9.92. The number of fused-ring (bicyclic) bond motifs is 1. The van der Waals surface area contributed by atoms with E-state index >= 15 is 0 Å². The summed E-state index contributed by atoms with van der Waals surface area (Å²) in [7, 11) is 0. The van der Waals surface area contributed by atoms with Crippen LogP contribution >= 0.6 is 0 Å². The number of rotatable bonds is 5. The molecule has 0 amide bonds. The highest BCUT2D eigenvalue weighted by atomic mass is 16.5. The molecule has 0 fully saturated rings. The summed E-state index contributed by atoms with van der Waals surface area (Å²) in [6.07, 6.45) is 7.12. The Morgan fingerprint density at radius 3 is 3.13 bits per heavy atom. The first-order chi connectivity index (χ1) is 10.9. The second kappa shape index (κ2) is 6.00. The Kier molecular flexibility index (Phi) is 4.04. The zero-order chi connectivity index (χ0) is 16.6. The van der Waals surface area contributed by atoms with Crippen molar-refractivity contribution in [1.82, 2.24) is 9.55 Å². The number of allylic oxidation sites excluding steroid dienone is 1. The Morgan fingerprint density at radius 1 is 1.61 bits per heavy atom. The summed E-state index contributed by atoms with van der Waals surface area (Å²) in [5.74, 6) is -1.34. The topological polar surface area (TPSA) is 107 Å². The predicted molar refractivity (Wildman–Crippen MR) is 81.4 cm³/mol. The van der Waals surface area contributed by atoms with Crippen molar-refractivity contribution in [3.63, 3.8) is 0 Å². The first kappa shape index (κ1) is 15.5. The van der Waals surface area contributed by atoms with E-state index in [2.05, 4.69) is 4.98 Å². The Labute approximate surface area is 133 Å². The molecule has 7 heteroatoms. The number of hydrogen-bond acceptors (Lipinski definition) is 5. The van der Waals surface area contributed by atoms with Crippen LogP contribution in [0.15, 0.2) is 35.3 Å². The number of aromatic nitrogens is 2. The van der Waals surface area contributed by atoms with Crippen molar-refractivity contribution in [2.45, 2.75) is 44.9 Å². The molecule has 1 aromatic heterocycles. The Hall–Kier alpha value is -2.41. The van der Waals surface area contributed by atoms with Gasteiger partial charge in [0.15, 0.2) is 0 Å². The first-order valence-electron chi connectivity index (χ1n) is 7.54. The van der Waals surface area contributed by atoms with Gasteiger partial charge in [0.2, 0.25) is 0 Å². The summed E-state index contributed by atoms with van der Waals surface area (Å²) in [6.45, 7) is 2.41. The summed E-state index contributed by atoms with van der Waals surface area (Å²) < 4.78 is 7.17. The van der Waals surface area contributed by atoms with Crippen LogP contribution in [-0.2, 0) is 27.3 Å². The van der Waals surface area contributed by atoms with Crippen molar-refractivity contribution in [3.8, 4) is 0 Å².